The number of hydrogen-bond donors (Lipinski definition) is 3. The number of nitrogens with two attached hydrogens (primary N) is 1. The van der Waals surface area contributed by atoms with E-state index in [-0.39, 0.29) is 5.84 Å². The molecule has 0 aliphatic rings. The minimum atomic E-state index is 0.0420. The van der Waals surface area contributed by atoms with Gasteiger partial charge in [0.2, 0.25) is 0 Å². The first-order chi connectivity index (χ1) is 10.1. The van der Waals surface area contributed by atoms with Gasteiger partial charge in [0.1, 0.15) is 0 Å². The fraction of sp³-hybridized carbons (Fsp3) is 0.200. The lowest BCUT2D eigenvalue weighted by Crippen LogP contribution is -2.16. The van der Waals surface area contributed by atoms with Crippen LogP contribution < -0.4 is 11.1 Å². The highest BCUT2D eigenvalue weighted by molar-refractivity contribution is 6.31. The van der Waals surface area contributed by atoms with Gasteiger partial charge < -0.3 is 16.3 Å². The van der Waals surface area contributed by atoms with Crippen molar-refractivity contribution in [1.29, 1.82) is 0 Å². The molecule has 2 aromatic rings. The van der Waals surface area contributed by atoms with Crippen molar-refractivity contribution in [1.82, 2.24) is 10.3 Å². The van der Waals surface area contributed by atoms with E-state index in [1.54, 1.807) is 12.1 Å². The van der Waals surface area contributed by atoms with E-state index in [1.165, 1.54) is 0 Å². The Morgan fingerprint density at radius 1 is 1.33 bits per heavy atom. The minimum Gasteiger partial charge on any atom is -0.409 e. The Kier molecular flexibility index (Phi) is 5.14. The van der Waals surface area contributed by atoms with Gasteiger partial charge in [-0.1, -0.05) is 35.0 Å². The molecule has 5 nitrogen and oxygen atoms in total. The quantitative estimate of drug-likeness (QED) is 0.343. The van der Waals surface area contributed by atoms with Crippen molar-refractivity contribution in [3.63, 3.8) is 0 Å². The van der Waals surface area contributed by atoms with E-state index in [2.05, 4.69) is 15.5 Å². The molecule has 0 saturated heterocycles. The van der Waals surface area contributed by atoms with Gasteiger partial charge in [0.15, 0.2) is 5.84 Å². The van der Waals surface area contributed by atoms with Gasteiger partial charge in [-0.25, -0.2) is 0 Å². The number of pyridine rings is 1. The molecule has 0 unspecified atom stereocenters. The monoisotopic (exact) mass is 304 g/mol. The Labute approximate surface area is 128 Å². The number of rotatable bonds is 5. The van der Waals surface area contributed by atoms with E-state index in [4.69, 9.17) is 22.5 Å². The molecular formula is C15H17ClN4O. The zero-order valence-corrected chi connectivity index (χ0v) is 12.4. The van der Waals surface area contributed by atoms with Crippen LogP contribution >= 0.6 is 11.6 Å². The summed E-state index contributed by atoms with van der Waals surface area (Å²) in [5.74, 6) is 0.0420. The van der Waals surface area contributed by atoms with Crippen LogP contribution in [-0.2, 0) is 13.1 Å². The summed E-state index contributed by atoms with van der Waals surface area (Å²) in [7, 11) is 0. The number of oxime groups is 1. The van der Waals surface area contributed by atoms with Crippen LogP contribution in [0.1, 0.15) is 22.5 Å². The summed E-state index contributed by atoms with van der Waals surface area (Å²) in [4.78, 5) is 4.42. The van der Waals surface area contributed by atoms with Crippen molar-refractivity contribution in [3.05, 3.63) is 63.9 Å². The molecule has 6 heteroatoms. The second kappa shape index (κ2) is 7.06. The predicted molar refractivity (Wildman–Crippen MR) is 83.5 cm³/mol. The number of halogens is 1. The molecule has 2 rings (SSSR count). The topological polar surface area (TPSA) is 83.5 Å². The summed E-state index contributed by atoms with van der Waals surface area (Å²) in [5, 5.41) is 15.5. The molecule has 0 aliphatic carbocycles. The second-order valence-electron chi connectivity index (χ2n) is 4.67. The van der Waals surface area contributed by atoms with Gasteiger partial charge in [0, 0.05) is 29.4 Å². The van der Waals surface area contributed by atoms with Gasteiger partial charge in [-0.2, -0.15) is 0 Å². The average Bonchev–Trinajstić information content (AvgIpc) is 2.48. The van der Waals surface area contributed by atoms with E-state index < -0.39 is 0 Å². The molecule has 4 N–H and O–H groups in total. The third kappa shape index (κ3) is 4.18. The van der Waals surface area contributed by atoms with Crippen molar-refractivity contribution in [2.45, 2.75) is 20.0 Å². The van der Waals surface area contributed by atoms with Crippen LogP contribution in [0.5, 0.6) is 0 Å². The van der Waals surface area contributed by atoms with E-state index in [1.807, 2.05) is 31.2 Å². The third-order valence-electron chi connectivity index (χ3n) is 3.02. The molecule has 21 heavy (non-hydrogen) atoms. The number of aryl methyl sites for hydroxylation is 1. The van der Waals surface area contributed by atoms with Crippen molar-refractivity contribution in [3.8, 4) is 0 Å². The van der Waals surface area contributed by atoms with Gasteiger partial charge in [0.05, 0.1) is 5.69 Å². The summed E-state index contributed by atoms with van der Waals surface area (Å²) < 4.78 is 0. The van der Waals surface area contributed by atoms with Crippen molar-refractivity contribution < 1.29 is 5.21 Å². The fourth-order valence-corrected chi connectivity index (χ4v) is 2.18. The smallest absolute Gasteiger partial charge is 0.170 e. The number of nitrogens with one attached hydrogen (secondary N) is 1. The first-order valence-corrected chi connectivity index (χ1v) is 6.87. The molecule has 0 atom stereocenters. The maximum atomic E-state index is 8.64. The van der Waals surface area contributed by atoms with Crippen molar-refractivity contribution >= 4 is 17.4 Å². The van der Waals surface area contributed by atoms with Crippen LogP contribution in [0.3, 0.4) is 0 Å². The van der Waals surface area contributed by atoms with E-state index >= 15 is 0 Å². The second-order valence-corrected chi connectivity index (χ2v) is 5.07. The highest BCUT2D eigenvalue weighted by Gasteiger charge is 2.05. The summed E-state index contributed by atoms with van der Waals surface area (Å²) in [5.41, 5.74) is 9.04. The molecular weight excluding hydrogens is 288 g/mol. The summed E-state index contributed by atoms with van der Waals surface area (Å²) in [6.07, 6.45) is 0. The number of benzene rings is 1. The minimum absolute atomic E-state index is 0.0420. The van der Waals surface area contributed by atoms with Crippen LogP contribution in [0.4, 0.5) is 0 Å². The zero-order valence-electron chi connectivity index (χ0n) is 11.7. The lowest BCUT2D eigenvalue weighted by Gasteiger charge is -2.08. The van der Waals surface area contributed by atoms with Crippen LogP contribution in [0.15, 0.2) is 41.6 Å². The Hall–Kier alpha value is -2.11. The molecule has 0 spiro atoms. The maximum Gasteiger partial charge on any atom is 0.170 e. The number of hydrogen-bond acceptors (Lipinski definition) is 4. The van der Waals surface area contributed by atoms with Gasteiger partial charge in [-0.05, 0) is 30.7 Å². The lowest BCUT2D eigenvalue weighted by atomic mass is 10.1. The Balaban J connectivity index is 1.97. The standard InChI is InChI=1S/C15H17ClN4O/c1-10-3-2-4-13(19-10)9-18-8-12-6-5-11(7-14(12)16)15(17)20-21/h2-7,18,21H,8-9H2,1H3,(H2,17,20). The van der Waals surface area contributed by atoms with Gasteiger partial charge >= 0.3 is 0 Å². The average molecular weight is 305 g/mol. The highest BCUT2D eigenvalue weighted by atomic mass is 35.5. The normalized spacial score (nSPS) is 11.6. The highest BCUT2D eigenvalue weighted by Crippen LogP contribution is 2.18. The van der Waals surface area contributed by atoms with E-state index in [9.17, 15) is 0 Å². The number of amidine groups is 1. The molecule has 1 heterocycles. The van der Waals surface area contributed by atoms with Gasteiger partial charge in [-0.3, -0.25) is 4.98 Å². The number of nitrogens with zero attached hydrogens (tertiary/aromatic N) is 2. The van der Waals surface area contributed by atoms with Crippen molar-refractivity contribution in [2.24, 2.45) is 10.9 Å². The van der Waals surface area contributed by atoms with E-state index in [0.29, 0.717) is 23.7 Å². The zero-order chi connectivity index (χ0) is 15.2. The number of aromatic nitrogens is 1. The Bertz CT molecular complexity index is 658. The Morgan fingerprint density at radius 2 is 2.14 bits per heavy atom. The maximum absolute atomic E-state index is 8.64. The van der Waals surface area contributed by atoms with Crippen LogP contribution in [0.2, 0.25) is 5.02 Å². The van der Waals surface area contributed by atoms with Crippen LogP contribution in [0.25, 0.3) is 0 Å². The molecule has 1 aromatic heterocycles. The Morgan fingerprint density at radius 3 is 2.81 bits per heavy atom. The summed E-state index contributed by atoms with van der Waals surface area (Å²) in [6.45, 7) is 3.25. The molecule has 0 radical (unpaired) electrons. The van der Waals surface area contributed by atoms with E-state index in [0.717, 1.165) is 17.0 Å². The first kappa shape index (κ1) is 15.3. The summed E-state index contributed by atoms with van der Waals surface area (Å²) >= 11 is 6.19. The molecule has 0 aliphatic heterocycles. The molecule has 0 fully saturated rings. The molecule has 0 bridgehead atoms. The summed E-state index contributed by atoms with van der Waals surface area (Å²) in [6, 6.07) is 11.2. The fourth-order valence-electron chi connectivity index (χ4n) is 1.93. The van der Waals surface area contributed by atoms with Crippen molar-refractivity contribution in [2.75, 3.05) is 0 Å². The van der Waals surface area contributed by atoms with Crippen LogP contribution in [0, 0.1) is 6.92 Å². The largest absolute Gasteiger partial charge is 0.409 e. The molecule has 110 valence electrons. The van der Waals surface area contributed by atoms with Gasteiger partial charge in [0.25, 0.3) is 0 Å². The predicted octanol–water partition coefficient (Wildman–Crippen LogP) is 2.43. The first-order valence-electron chi connectivity index (χ1n) is 6.49. The van der Waals surface area contributed by atoms with Gasteiger partial charge in [-0.15, -0.1) is 0 Å². The lowest BCUT2D eigenvalue weighted by molar-refractivity contribution is 0.318. The SMILES string of the molecule is Cc1cccc(CNCc2ccc(/C(N)=N/O)cc2Cl)n1. The van der Waals surface area contributed by atoms with Crippen LogP contribution in [-0.4, -0.2) is 16.0 Å². The molecule has 0 amide bonds. The molecule has 1 aromatic carbocycles. The third-order valence-corrected chi connectivity index (χ3v) is 3.38. The molecule has 0 saturated carbocycles.